The molecule has 0 saturated carbocycles. The van der Waals surface area contributed by atoms with Gasteiger partial charge < -0.3 is 14.5 Å². The van der Waals surface area contributed by atoms with Crippen LogP contribution in [0.25, 0.3) is 10.9 Å². The van der Waals surface area contributed by atoms with Crippen LogP contribution in [0.15, 0.2) is 24.4 Å². The van der Waals surface area contributed by atoms with Gasteiger partial charge in [-0.3, -0.25) is 0 Å². The molecule has 0 atom stereocenters. The van der Waals surface area contributed by atoms with Crippen molar-refractivity contribution in [1.29, 1.82) is 0 Å². The number of carbonyl (C=O) groups excluding carboxylic acids is 1. The summed E-state index contributed by atoms with van der Waals surface area (Å²) in [5, 5.41) is 0.789. The van der Waals surface area contributed by atoms with E-state index in [1.807, 2.05) is 12.1 Å². The van der Waals surface area contributed by atoms with Gasteiger partial charge in [0.1, 0.15) is 11.4 Å². The summed E-state index contributed by atoms with van der Waals surface area (Å²) in [5.74, 6) is 0.708. The molecule has 4 heteroatoms. The van der Waals surface area contributed by atoms with Gasteiger partial charge in [-0.25, -0.2) is 0 Å². The number of ether oxygens (including phenoxy) is 1. The molecule has 0 bridgehead atoms. The summed E-state index contributed by atoms with van der Waals surface area (Å²) in [4.78, 5) is 14.0. The van der Waals surface area contributed by atoms with Gasteiger partial charge in [-0.2, -0.15) is 0 Å². The summed E-state index contributed by atoms with van der Waals surface area (Å²) >= 11 is 0. The van der Waals surface area contributed by atoms with Crippen LogP contribution in [-0.4, -0.2) is 25.6 Å². The fraction of sp³-hybridized carbons (Fsp3) is 0.100. The van der Waals surface area contributed by atoms with Crippen molar-refractivity contribution in [1.82, 2.24) is 4.98 Å². The summed E-state index contributed by atoms with van der Waals surface area (Å²) in [7, 11) is 6.80. The third-order valence-corrected chi connectivity index (χ3v) is 2.15. The van der Waals surface area contributed by atoms with Crippen LogP contribution in [-0.2, 0) is 0 Å². The molecular weight excluding hydrogens is 177 g/mol. The monoisotopic (exact) mass is 185 g/mol. The highest BCUT2D eigenvalue weighted by atomic mass is 16.5. The number of H-pyrrole nitrogens is 1. The van der Waals surface area contributed by atoms with Crippen molar-refractivity contribution in [3.8, 4) is 5.75 Å². The SMILES string of the molecule is [B]C(=O)c1c[nH]c2ccc(OC)cc12. The highest BCUT2D eigenvalue weighted by Crippen LogP contribution is 2.23. The first kappa shape index (κ1) is 8.87. The maximum atomic E-state index is 11.0. The van der Waals surface area contributed by atoms with E-state index in [4.69, 9.17) is 12.6 Å². The Kier molecular flexibility index (Phi) is 2.04. The average molecular weight is 185 g/mol. The van der Waals surface area contributed by atoms with Crippen molar-refractivity contribution in [2.45, 2.75) is 0 Å². The lowest BCUT2D eigenvalue weighted by Gasteiger charge is -1.99. The van der Waals surface area contributed by atoms with E-state index >= 15 is 0 Å². The minimum Gasteiger partial charge on any atom is -0.497 e. The molecule has 1 aromatic carbocycles. The number of hydrogen-bond donors (Lipinski definition) is 1. The van der Waals surface area contributed by atoms with Crippen molar-refractivity contribution >= 4 is 24.4 Å². The summed E-state index contributed by atoms with van der Waals surface area (Å²) in [6.45, 7) is 0. The van der Waals surface area contributed by atoms with Crippen LogP contribution >= 0.6 is 0 Å². The Morgan fingerprint density at radius 2 is 2.29 bits per heavy atom. The summed E-state index contributed by atoms with van der Waals surface area (Å²) < 4.78 is 5.06. The van der Waals surface area contributed by atoms with Gasteiger partial charge in [0, 0.05) is 22.7 Å². The lowest BCUT2D eigenvalue weighted by molar-refractivity contribution is 0.108. The molecule has 0 unspecified atom stereocenters. The molecule has 0 amide bonds. The number of methoxy groups -OCH3 is 1. The van der Waals surface area contributed by atoms with Gasteiger partial charge in [-0.15, -0.1) is 0 Å². The Morgan fingerprint density at radius 3 is 2.93 bits per heavy atom. The van der Waals surface area contributed by atoms with Crippen LogP contribution in [0.4, 0.5) is 0 Å². The predicted octanol–water partition coefficient (Wildman–Crippen LogP) is 1.49. The summed E-state index contributed by atoms with van der Waals surface area (Å²) in [6.07, 6.45) is 1.60. The van der Waals surface area contributed by atoms with Crippen LogP contribution in [0.3, 0.4) is 0 Å². The molecule has 3 nitrogen and oxygen atoms in total. The molecule has 14 heavy (non-hydrogen) atoms. The minimum atomic E-state index is -0.440. The van der Waals surface area contributed by atoms with Crippen LogP contribution in [0.2, 0.25) is 0 Å². The molecule has 2 rings (SSSR count). The molecule has 0 saturated heterocycles. The van der Waals surface area contributed by atoms with Gasteiger partial charge in [0.15, 0.2) is 7.85 Å². The van der Waals surface area contributed by atoms with E-state index in [0.717, 1.165) is 10.9 Å². The third kappa shape index (κ3) is 1.29. The van der Waals surface area contributed by atoms with Gasteiger partial charge >= 0.3 is 0 Å². The van der Waals surface area contributed by atoms with Gasteiger partial charge in [0.05, 0.1) is 7.11 Å². The number of benzene rings is 1. The number of nitrogens with one attached hydrogen (secondary N) is 1. The molecule has 0 aliphatic carbocycles. The van der Waals surface area contributed by atoms with Crippen molar-refractivity contribution in [3.05, 3.63) is 30.0 Å². The molecule has 1 heterocycles. The van der Waals surface area contributed by atoms with Gasteiger partial charge in [-0.05, 0) is 18.2 Å². The summed E-state index contributed by atoms with van der Waals surface area (Å²) in [6, 6.07) is 5.45. The Bertz CT molecular complexity index is 490. The molecule has 0 aliphatic rings. The van der Waals surface area contributed by atoms with E-state index in [0.29, 0.717) is 11.3 Å². The van der Waals surface area contributed by atoms with Crippen LogP contribution in [0.1, 0.15) is 10.4 Å². The first-order valence-corrected chi connectivity index (χ1v) is 4.17. The van der Waals surface area contributed by atoms with Crippen molar-refractivity contribution < 1.29 is 9.53 Å². The second-order valence-electron chi connectivity index (χ2n) is 2.98. The Morgan fingerprint density at radius 1 is 1.50 bits per heavy atom. The van der Waals surface area contributed by atoms with Crippen LogP contribution in [0, 0.1) is 0 Å². The van der Waals surface area contributed by atoms with Crippen LogP contribution in [0.5, 0.6) is 5.75 Å². The number of rotatable bonds is 2. The zero-order valence-corrected chi connectivity index (χ0v) is 7.70. The average Bonchev–Trinajstić information content (AvgIpc) is 2.59. The predicted molar refractivity (Wildman–Crippen MR) is 54.9 cm³/mol. The first-order chi connectivity index (χ1) is 6.72. The Hall–Kier alpha value is -1.71. The summed E-state index contributed by atoms with van der Waals surface area (Å²) in [5.41, 5.74) is 0.919. The lowest BCUT2D eigenvalue weighted by atomic mass is 9.94. The number of aromatic nitrogens is 1. The number of hydrogen-bond acceptors (Lipinski definition) is 2. The molecule has 0 spiro atoms. The standard InChI is InChI=1S/C10H8BNO2/c1-14-6-2-3-9-7(4-6)8(5-12-9)10(11)13/h2-5,12H,1H3. The van der Waals surface area contributed by atoms with Gasteiger partial charge in [0.2, 0.25) is 0 Å². The van der Waals surface area contributed by atoms with Gasteiger partial charge in [0.25, 0.3) is 0 Å². The normalized spacial score (nSPS) is 10.4. The number of aromatic amines is 1. The van der Waals surface area contributed by atoms with E-state index < -0.39 is 5.68 Å². The molecule has 2 radical (unpaired) electrons. The highest BCUT2D eigenvalue weighted by molar-refractivity contribution is 6.63. The molecular formula is C10H8BNO2. The second kappa shape index (κ2) is 3.22. The first-order valence-electron chi connectivity index (χ1n) is 4.17. The highest BCUT2D eigenvalue weighted by Gasteiger charge is 2.07. The zero-order valence-electron chi connectivity index (χ0n) is 7.70. The minimum absolute atomic E-state index is 0.440. The van der Waals surface area contributed by atoms with Crippen LogP contribution < -0.4 is 4.74 Å². The van der Waals surface area contributed by atoms with E-state index in [1.54, 1.807) is 19.4 Å². The molecule has 0 fully saturated rings. The van der Waals surface area contributed by atoms with E-state index in [2.05, 4.69) is 4.98 Å². The van der Waals surface area contributed by atoms with E-state index in [1.165, 1.54) is 0 Å². The van der Waals surface area contributed by atoms with E-state index in [-0.39, 0.29) is 0 Å². The Labute approximate surface area is 82.5 Å². The van der Waals surface area contributed by atoms with Gasteiger partial charge in [-0.1, -0.05) is 0 Å². The molecule has 68 valence electrons. The lowest BCUT2D eigenvalue weighted by Crippen LogP contribution is -1.95. The maximum Gasteiger partial charge on any atom is 0.175 e. The fourth-order valence-electron chi connectivity index (χ4n) is 1.43. The smallest absolute Gasteiger partial charge is 0.175 e. The fourth-order valence-corrected chi connectivity index (χ4v) is 1.43. The quantitative estimate of drug-likeness (QED) is 0.720. The third-order valence-electron chi connectivity index (χ3n) is 2.15. The van der Waals surface area contributed by atoms with Crippen molar-refractivity contribution in [2.24, 2.45) is 0 Å². The van der Waals surface area contributed by atoms with E-state index in [9.17, 15) is 4.79 Å². The molecule has 2 aromatic rings. The topological polar surface area (TPSA) is 42.1 Å². The molecule has 1 aromatic heterocycles. The molecule has 0 aliphatic heterocycles. The largest absolute Gasteiger partial charge is 0.497 e. The van der Waals surface area contributed by atoms with Crippen molar-refractivity contribution in [2.75, 3.05) is 7.11 Å². The van der Waals surface area contributed by atoms with Crippen molar-refractivity contribution in [3.63, 3.8) is 0 Å². The number of fused-ring (bicyclic) bond motifs is 1. The second-order valence-corrected chi connectivity index (χ2v) is 2.98. The Balaban J connectivity index is 2.69. The molecule has 1 N–H and O–H groups in total. The maximum absolute atomic E-state index is 11.0. The zero-order chi connectivity index (χ0) is 10.1. The number of carbonyl (C=O) groups is 1.